The van der Waals surface area contributed by atoms with Gasteiger partial charge in [0, 0.05) is 61.0 Å². The lowest BCUT2D eigenvalue weighted by Gasteiger charge is -2.32. The van der Waals surface area contributed by atoms with Crippen molar-refractivity contribution in [3.8, 4) is 11.6 Å². The van der Waals surface area contributed by atoms with Crippen molar-refractivity contribution < 1.29 is 8.83 Å². The van der Waals surface area contributed by atoms with Crippen molar-refractivity contribution in [3.63, 3.8) is 0 Å². The highest BCUT2D eigenvalue weighted by atomic mass is 35.5. The van der Waals surface area contributed by atoms with Crippen LogP contribution in [0, 0.1) is 0 Å². The summed E-state index contributed by atoms with van der Waals surface area (Å²) in [6.45, 7) is 9.67. The Morgan fingerprint density at radius 3 is 2.59 bits per heavy atom. The van der Waals surface area contributed by atoms with E-state index in [1.54, 1.807) is 0 Å². The van der Waals surface area contributed by atoms with E-state index in [0.29, 0.717) is 17.4 Å². The van der Waals surface area contributed by atoms with E-state index in [4.69, 9.17) is 25.4 Å². The molecule has 8 heteroatoms. The van der Waals surface area contributed by atoms with Crippen LogP contribution in [0.4, 0.5) is 0 Å². The number of likely N-dealkylation sites (N-methyl/N-ethyl adjacent to an activating group) is 1. The quantitative estimate of drug-likeness (QED) is 0.249. The van der Waals surface area contributed by atoms with E-state index in [9.17, 15) is 0 Å². The molecule has 5 aromatic rings. The van der Waals surface area contributed by atoms with E-state index >= 15 is 0 Å². The molecule has 0 bridgehead atoms. The van der Waals surface area contributed by atoms with Gasteiger partial charge in [-0.3, -0.25) is 4.90 Å². The Balaban J connectivity index is 0.00000280. The van der Waals surface area contributed by atoms with Gasteiger partial charge in [-0.2, -0.15) is 0 Å². The van der Waals surface area contributed by atoms with Crippen molar-refractivity contribution in [2.75, 3.05) is 33.2 Å². The fourth-order valence-electron chi connectivity index (χ4n) is 4.95. The minimum absolute atomic E-state index is 0. The highest BCUT2D eigenvalue weighted by Gasteiger charge is 2.17. The van der Waals surface area contributed by atoms with Gasteiger partial charge >= 0.3 is 0 Å². The first-order chi connectivity index (χ1) is 17.4. The number of furan rings is 2. The average Bonchev–Trinajstić information content (AvgIpc) is 3.58. The second-order valence-corrected chi connectivity index (χ2v) is 10.7. The van der Waals surface area contributed by atoms with Crippen molar-refractivity contribution in [1.29, 1.82) is 0 Å². The SMILES string of the molecule is CC(C)c1cc2cc(Cl)cc(Cc3ccc(-c4nc5ccc(CN6CCN(C)CC6)cc5[nH]4)o3)c2o1.Cl. The minimum Gasteiger partial charge on any atom is -0.461 e. The van der Waals surface area contributed by atoms with Crippen molar-refractivity contribution in [1.82, 2.24) is 19.8 Å². The molecule has 6 nitrogen and oxygen atoms in total. The number of rotatable bonds is 6. The molecule has 0 atom stereocenters. The molecule has 1 N–H and O–H groups in total. The summed E-state index contributed by atoms with van der Waals surface area (Å²) in [4.78, 5) is 13.1. The lowest BCUT2D eigenvalue weighted by molar-refractivity contribution is 0.148. The van der Waals surface area contributed by atoms with Gasteiger partial charge in [0.2, 0.25) is 0 Å². The van der Waals surface area contributed by atoms with E-state index in [0.717, 1.165) is 83.4 Å². The molecule has 1 fully saturated rings. The summed E-state index contributed by atoms with van der Waals surface area (Å²) >= 11 is 6.41. The van der Waals surface area contributed by atoms with Gasteiger partial charge in [-0.25, -0.2) is 4.98 Å². The van der Waals surface area contributed by atoms with Gasteiger partial charge in [-0.05, 0) is 55.1 Å². The first kappa shape index (κ1) is 25.9. The molecule has 4 heterocycles. The summed E-state index contributed by atoms with van der Waals surface area (Å²) in [5, 5.41) is 1.72. The molecule has 194 valence electrons. The Morgan fingerprint density at radius 2 is 1.81 bits per heavy atom. The van der Waals surface area contributed by atoms with Crippen molar-refractivity contribution >= 4 is 46.0 Å². The fourth-order valence-corrected chi connectivity index (χ4v) is 5.19. The molecule has 0 aliphatic carbocycles. The first-order valence-corrected chi connectivity index (χ1v) is 13.0. The van der Waals surface area contributed by atoms with Gasteiger partial charge in [-0.1, -0.05) is 31.5 Å². The van der Waals surface area contributed by atoms with Crippen LogP contribution in [-0.4, -0.2) is 53.0 Å². The second-order valence-electron chi connectivity index (χ2n) is 10.2. The summed E-state index contributed by atoms with van der Waals surface area (Å²) in [5.41, 5.74) is 5.16. The molecule has 2 aromatic carbocycles. The number of fused-ring (bicyclic) bond motifs is 2. The van der Waals surface area contributed by atoms with Gasteiger partial charge in [0.1, 0.15) is 17.1 Å². The normalized spacial score (nSPS) is 15.2. The number of H-pyrrole nitrogens is 1. The monoisotopic (exact) mass is 538 g/mol. The molecule has 0 radical (unpaired) electrons. The molecule has 1 saturated heterocycles. The van der Waals surface area contributed by atoms with Gasteiger partial charge in [0.05, 0.1) is 11.0 Å². The summed E-state index contributed by atoms with van der Waals surface area (Å²) < 4.78 is 12.4. The molecule has 37 heavy (non-hydrogen) atoms. The topological polar surface area (TPSA) is 61.4 Å². The van der Waals surface area contributed by atoms with Crippen molar-refractivity contribution in [2.45, 2.75) is 32.7 Å². The van der Waals surface area contributed by atoms with Crippen LogP contribution in [0.15, 0.2) is 57.4 Å². The van der Waals surface area contributed by atoms with E-state index in [2.05, 4.69) is 59.9 Å². The number of imidazole rings is 1. The smallest absolute Gasteiger partial charge is 0.174 e. The van der Waals surface area contributed by atoms with E-state index < -0.39 is 0 Å². The third-order valence-electron chi connectivity index (χ3n) is 7.05. The summed E-state index contributed by atoms with van der Waals surface area (Å²) in [6, 6.07) is 16.4. The van der Waals surface area contributed by atoms with Gasteiger partial charge < -0.3 is 18.7 Å². The molecular formula is C29H32Cl2N4O2. The number of piperazine rings is 1. The van der Waals surface area contributed by atoms with E-state index in [1.807, 2.05) is 24.3 Å². The van der Waals surface area contributed by atoms with Crippen LogP contribution in [0.2, 0.25) is 5.02 Å². The minimum atomic E-state index is 0. The maximum atomic E-state index is 6.41. The fraction of sp³-hybridized carbons (Fsp3) is 0.345. The largest absolute Gasteiger partial charge is 0.461 e. The van der Waals surface area contributed by atoms with E-state index in [1.165, 1.54) is 5.56 Å². The summed E-state index contributed by atoms with van der Waals surface area (Å²) in [5.74, 6) is 3.58. The molecule has 0 amide bonds. The van der Waals surface area contributed by atoms with Crippen LogP contribution < -0.4 is 0 Å². The Bertz CT molecular complexity index is 1530. The van der Waals surface area contributed by atoms with Crippen LogP contribution in [0.1, 0.15) is 42.4 Å². The standard InChI is InChI=1S/C29H31ClN4O2.ClH/c1-18(2)27-16-21-14-22(30)13-20(28(21)36-27)15-23-5-7-26(35-23)29-31-24-6-4-19(12-25(24)32-29)17-34-10-8-33(3)9-11-34;/h4-7,12-14,16,18H,8-11,15,17H2,1-3H3,(H,31,32);1H. The number of benzene rings is 2. The molecule has 1 aliphatic heterocycles. The maximum absolute atomic E-state index is 6.41. The zero-order chi connectivity index (χ0) is 24.8. The maximum Gasteiger partial charge on any atom is 0.174 e. The predicted molar refractivity (Wildman–Crippen MR) is 152 cm³/mol. The lowest BCUT2D eigenvalue weighted by atomic mass is 10.1. The molecule has 0 unspecified atom stereocenters. The van der Waals surface area contributed by atoms with Gasteiger partial charge in [0.15, 0.2) is 11.6 Å². The third-order valence-corrected chi connectivity index (χ3v) is 7.27. The van der Waals surface area contributed by atoms with Crippen molar-refractivity contribution in [2.24, 2.45) is 0 Å². The molecule has 3 aromatic heterocycles. The third kappa shape index (κ3) is 5.43. The number of nitrogens with one attached hydrogen (secondary N) is 1. The molecule has 0 saturated carbocycles. The number of hydrogen-bond donors (Lipinski definition) is 1. The van der Waals surface area contributed by atoms with Gasteiger partial charge in [-0.15, -0.1) is 12.4 Å². The second kappa shape index (κ2) is 10.5. The zero-order valence-corrected chi connectivity index (χ0v) is 23.0. The summed E-state index contributed by atoms with van der Waals surface area (Å²) in [6.07, 6.45) is 0.595. The van der Waals surface area contributed by atoms with Crippen LogP contribution in [-0.2, 0) is 13.0 Å². The van der Waals surface area contributed by atoms with Crippen LogP contribution >= 0.6 is 24.0 Å². The van der Waals surface area contributed by atoms with Crippen LogP contribution in [0.5, 0.6) is 0 Å². The first-order valence-electron chi connectivity index (χ1n) is 12.6. The molecule has 1 aliphatic rings. The van der Waals surface area contributed by atoms with Crippen molar-refractivity contribution in [3.05, 3.63) is 76.2 Å². The number of aromatic nitrogens is 2. The number of hydrogen-bond acceptors (Lipinski definition) is 5. The average molecular weight is 540 g/mol. The zero-order valence-electron chi connectivity index (χ0n) is 21.4. The number of aromatic amines is 1. The number of nitrogens with zero attached hydrogens (tertiary/aromatic N) is 3. The van der Waals surface area contributed by atoms with E-state index in [-0.39, 0.29) is 12.4 Å². The lowest BCUT2D eigenvalue weighted by Crippen LogP contribution is -2.43. The molecular weight excluding hydrogens is 507 g/mol. The summed E-state index contributed by atoms with van der Waals surface area (Å²) in [7, 11) is 2.19. The van der Waals surface area contributed by atoms with Crippen LogP contribution in [0.3, 0.4) is 0 Å². The number of halogens is 2. The Labute approximate surface area is 228 Å². The Kier molecular flexibility index (Phi) is 7.37. The van der Waals surface area contributed by atoms with Crippen LogP contribution in [0.25, 0.3) is 33.6 Å². The highest BCUT2D eigenvalue weighted by molar-refractivity contribution is 6.31. The Morgan fingerprint density at radius 1 is 1.00 bits per heavy atom. The van der Waals surface area contributed by atoms with Gasteiger partial charge in [0.25, 0.3) is 0 Å². The highest BCUT2D eigenvalue weighted by Crippen LogP contribution is 2.32. The molecule has 0 spiro atoms. The molecule has 6 rings (SSSR count). The Hall–Kier alpha value is -2.77. The predicted octanol–water partition coefficient (Wildman–Crippen LogP) is 7.11.